The summed E-state index contributed by atoms with van der Waals surface area (Å²) in [6.45, 7) is 3.43. The summed E-state index contributed by atoms with van der Waals surface area (Å²) in [6, 6.07) is 0. The van der Waals surface area contributed by atoms with Gasteiger partial charge in [-0.1, -0.05) is 6.92 Å². The Hall–Kier alpha value is -0.120. The molecule has 0 aromatic heterocycles. The maximum absolute atomic E-state index is 8.96. The number of ether oxygens (including phenoxy) is 1. The molecule has 0 aromatic rings. The van der Waals surface area contributed by atoms with Gasteiger partial charge in [0, 0.05) is 25.7 Å². The molecule has 1 unspecified atom stereocenters. The zero-order valence-electron chi connectivity index (χ0n) is 7.47. The predicted octanol–water partition coefficient (Wildman–Crippen LogP) is 0.370. The first-order valence-electron chi connectivity index (χ1n) is 3.98. The molecule has 0 aliphatic heterocycles. The molecule has 0 aliphatic carbocycles. The van der Waals surface area contributed by atoms with Crippen LogP contribution in [0.3, 0.4) is 0 Å². The van der Waals surface area contributed by atoms with Crippen molar-refractivity contribution in [1.29, 1.82) is 0 Å². The summed E-state index contributed by atoms with van der Waals surface area (Å²) >= 11 is 0. The minimum Gasteiger partial charge on any atom is -0.396 e. The van der Waals surface area contributed by atoms with Crippen molar-refractivity contribution in [2.24, 2.45) is 11.1 Å². The van der Waals surface area contributed by atoms with Crippen molar-refractivity contribution < 1.29 is 9.84 Å². The highest BCUT2D eigenvalue weighted by atomic mass is 16.5. The van der Waals surface area contributed by atoms with Crippen LogP contribution in [0.25, 0.3) is 0 Å². The molecule has 0 spiro atoms. The lowest BCUT2D eigenvalue weighted by Gasteiger charge is -2.24. The maximum Gasteiger partial charge on any atom is 0.0496 e. The second kappa shape index (κ2) is 5.52. The van der Waals surface area contributed by atoms with E-state index in [4.69, 9.17) is 15.6 Å². The Morgan fingerprint density at radius 1 is 1.55 bits per heavy atom. The van der Waals surface area contributed by atoms with Crippen LogP contribution in [0.2, 0.25) is 0 Å². The molecule has 3 nitrogen and oxygen atoms in total. The third-order valence-electron chi connectivity index (χ3n) is 2.00. The molecule has 3 N–H and O–H groups in total. The lowest BCUT2D eigenvalue weighted by Crippen LogP contribution is -2.31. The van der Waals surface area contributed by atoms with Crippen LogP contribution in [0.4, 0.5) is 0 Å². The molecule has 0 saturated carbocycles. The zero-order valence-corrected chi connectivity index (χ0v) is 7.47. The summed E-state index contributed by atoms with van der Waals surface area (Å²) in [5.74, 6) is 0. The molecule has 0 aromatic carbocycles. The molecule has 0 fully saturated rings. The number of hydrogen-bond acceptors (Lipinski definition) is 3. The molecule has 0 aliphatic rings. The van der Waals surface area contributed by atoms with Crippen LogP contribution in [-0.2, 0) is 4.74 Å². The standard InChI is InChI=1S/C8H19NO2/c1-8(6-9,7-10)4-3-5-11-2/h10H,3-7,9H2,1-2H3. The van der Waals surface area contributed by atoms with E-state index in [0.29, 0.717) is 6.54 Å². The fraction of sp³-hybridized carbons (Fsp3) is 1.00. The second-order valence-electron chi connectivity index (χ2n) is 3.27. The number of rotatable bonds is 6. The molecule has 0 radical (unpaired) electrons. The highest BCUT2D eigenvalue weighted by molar-refractivity contribution is 4.73. The normalized spacial score (nSPS) is 16.4. The molecule has 11 heavy (non-hydrogen) atoms. The van der Waals surface area contributed by atoms with Crippen LogP contribution in [0, 0.1) is 5.41 Å². The van der Waals surface area contributed by atoms with Gasteiger partial charge in [-0.3, -0.25) is 0 Å². The summed E-state index contributed by atoms with van der Waals surface area (Å²) < 4.78 is 4.90. The molecular weight excluding hydrogens is 142 g/mol. The predicted molar refractivity (Wildman–Crippen MR) is 45.4 cm³/mol. The van der Waals surface area contributed by atoms with Crippen LogP contribution in [0.5, 0.6) is 0 Å². The van der Waals surface area contributed by atoms with Gasteiger partial charge in [0.1, 0.15) is 0 Å². The minimum atomic E-state index is -0.113. The molecule has 3 heteroatoms. The summed E-state index contributed by atoms with van der Waals surface area (Å²) in [6.07, 6.45) is 1.89. The molecule has 0 bridgehead atoms. The van der Waals surface area contributed by atoms with Gasteiger partial charge in [0.15, 0.2) is 0 Å². The molecule has 0 saturated heterocycles. The van der Waals surface area contributed by atoms with Crippen LogP contribution >= 0.6 is 0 Å². The van der Waals surface area contributed by atoms with E-state index in [9.17, 15) is 0 Å². The van der Waals surface area contributed by atoms with Gasteiger partial charge in [-0.05, 0) is 19.4 Å². The topological polar surface area (TPSA) is 55.5 Å². The Kier molecular flexibility index (Phi) is 5.46. The Morgan fingerprint density at radius 2 is 2.18 bits per heavy atom. The first-order valence-corrected chi connectivity index (χ1v) is 3.98. The molecule has 0 amide bonds. The average Bonchev–Trinajstić information content (AvgIpc) is 2.05. The van der Waals surface area contributed by atoms with Crippen LogP contribution in [-0.4, -0.2) is 32.0 Å². The van der Waals surface area contributed by atoms with Crippen molar-refractivity contribution in [2.45, 2.75) is 19.8 Å². The van der Waals surface area contributed by atoms with Gasteiger partial charge in [-0.25, -0.2) is 0 Å². The van der Waals surface area contributed by atoms with E-state index in [-0.39, 0.29) is 12.0 Å². The number of nitrogens with two attached hydrogens (primary N) is 1. The number of aliphatic hydroxyl groups excluding tert-OH is 1. The van der Waals surface area contributed by atoms with Crippen LogP contribution < -0.4 is 5.73 Å². The lowest BCUT2D eigenvalue weighted by molar-refractivity contribution is 0.118. The van der Waals surface area contributed by atoms with Crippen LogP contribution in [0.15, 0.2) is 0 Å². The Morgan fingerprint density at radius 3 is 2.55 bits per heavy atom. The fourth-order valence-electron chi connectivity index (χ4n) is 0.889. The number of methoxy groups -OCH3 is 1. The van der Waals surface area contributed by atoms with Crippen LogP contribution in [0.1, 0.15) is 19.8 Å². The van der Waals surface area contributed by atoms with Gasteiger partial charge in [-0.15, -0.1) is 0 Å². The van der Waals surface area contributed by atoms with Gasteiger partial charge < -0.3 is 15.6 Å². The zero-order chi connectivity index (χ0) is 8.74. The summed E-state index contributed by atoms with van der Waals surface area (Å²) in [7, 11) is 1.68. The Labute approximate surface area is 68.5 Å². The van der Waals surface area contributed by atoms with Crippen molar-refractivity contribution in [2.75, 3.05) is 26.9 Å². The minimum absolute atomic E-state index is 0.113. The Balaban J connectivity index is 3.51. The first-order chi connectivity index (χ1) is 5.18. The highest BCUT2D eigenvalue weighted by Gasteiger charge is 2.20. The van der Waals surface area contributed by atoms with E-state index in [1.165, 1.54) is 0 Å². The van der Waals surface area contributed by atoms with Crippen molar-refractivity contribution >= 4 is 0 Å². The van der Waals surface area contributed by atoms with E-state index in [2.05, 4.69) is 0 Å². The van der Waals surface area contributed by atoms with Gasteiger partial charge in [0.05, 0.1) is 0 Å². The van der Waals surface area contributed by atoms with Gasteiger partial charge in [0.2, 0.25) is 0 Å². The quantitative estimate of drug-likeness (QED) is 0.553. The van der Waals surface area contributed by atoms with Crippen molar-refractivity contribution in [3.63, 3.8) is 0 Å². The van der Waals surface area contributed by atoms with Gasteiger partial charge in [-0.2, -0.15) is 0 Å². The first kappa shape index (κ1) is 10.9. The Bertz CT molecular complexity index is 92.1. The molecule has 0 rings (SSSR count). The lowest BCUT2D eigenvalue weighted by atomic mass is 9.87. The molecular formula is C8H19NO2. The maximum atomic E-state index is 8.96. The number of hydrogen-bond donors (Lipinski definition) is 2. The van der Waals surface area contributed by atoms with E-state index in [1.54, 1.807) is 7.11 Å². The van der Waals surface area contributed by atoms with E-state index in [1.807, 2.05) is 6.92 Å². The summed E-state index contributed by atoms with van der Waals surface area (Å²) in [4.78, 5) is 0. The van der Waals surface area contributed by atoms with E-state index < -0.39 is 0 Å². The SMILES string of the molecule is COCCCC(C)(CN)CO. The smallest absolute Gasteiger partial charge is 0.0496 e. The van der Waals surface area contributed by atoms with Crippen molar-refractivity contribution in [1.82, 2.24) is 0 Å². The fourth-order valence-corrected chi connectivity index (χ4v) is 0.889. The molecule has 1 atom stereocenters. The van der Waals surface area contributed by atoms with Gasteiger partial charge >= 0.3 is 0 Å². The summed E-state index contributed by atoms with van der Waals surface area (Å²) in [5.41, 5.74) is 5.39. The van der Waals surface area contributed by atoms with Crippen molar-refractivity contribution in [3.8, 4) is 0 Å². The third-order valence-corrected chi connectivity index (χ3v) is 2.00. The largest absolute Gasteiger partial charge is 0.396 e. The number of aliphatic hydroxyl groups is 1. The monoisotopic (exact) mass is 161 g/mol. The third kappa shape index (κ3) is 4.35. The van der Waals surface area contributed by atoms with E-state index >= 15 is 0 Å². The second-order valence-corrected chi connectivity index (χ2v) is 3.27. The average molecular weight is 161 g/mol. The van der Waals surface area contributed by atoms with Gasteiger partial charge in [0.25, 0.3) is 0 Å². The molecule has 0 heterocycles. The highest BCUT2D eigenvalue weighted by Crippen LogP contribution is 2.20. The molecule has 68 valence electrons. The summed E-state index contributed by atoms with van der Waals surface area (Å²) in [5, 5.41) is 8.96. The van der Waals surface area contributed by atoms with E-state index in [0.717, 1.165) is 19.4 Å². The van der Waals surface area contributed by atoms with Crippen molar-refractivity contribution in [3.05, 3.63) is 0 Å².